The molecule has 3 N–H and O–H groups in total. The number of hydrogen-bond donors (Lipinski definition) is 3. The van der Waals surface area contributed by atoms with Crippen LogP contribution in [-0.2, 0) is 0 Å². The van der Waals surface area contributed by atoms with Crippen LogP contribution in [0.15, 0.2) is 0 Å². The molecular weight excluding hydrogens is 199 g/mol. The van der Waals surface area contributed by atoms with Gasteiger partial charge in [0.1, 0.15) is 0 Å². The van der Waals surface area contributed by atoms with Gasteiger partial charge in [0, 0.05) is 0 Å². The molecule has 0 aromatic rings. The van der Waals surface area contributed by atoms with E-state index in [0.717, 1.165) is 19.3 Å². The molecule has 0 aromatic heterocycles. The molecule has 4 bridgehead atoms. The van der Waals surface area contributed by atoms with Crippen molar-refractivity contribution in [1.29, 1.82) is 0 Å². The van der Waals surface area contributed by atoms with E-state index in [2.05, 4.69) is 0 Å². The van der Waals surface area contributed by atoms with Crippen LogP contribution >= 0.6 is 7.94 Å². The third kappa shape index (κ3) is 1.19. The van der Waals surface area contributed by atoms with E-state index in [0.29, 0.717) is 17.8 Å². The third-order valence-corrected chi connectivity index (χ3v) is 6.79. The van der Waals surface area contributed by atoms with Crippen LogP contribution in [0.2, 0.25) is 0 Å². The summed E-state index contributed by atoms with van der Waals surface area (Å²) in [5.74, 6) is 2.00. The molecule has 4 aliphatic carbocycles. The number of hydrogen-bond acceptors (Lipinski definition) is 3. The Morgan fingerprint density at radius 3 is 1.43 bits per heavy atom. The molecule has 0 aromatic carbocycles. The minimum absolute atomic E-state index is 0.457. The maximum atomic E-state index is 9.63. The van der Waals surface area contributed by atoms with Crippen molar-refractivity contribution in [1.82, 2.24) is 0 Å². The van der Waals surface area contributed by atoms with Gasteiger partial charge in [0.25, 0.3) is 0 Å². The van der Waals surface area contributed by atoms with Crippen molar-refractivity contribution in [2.75, 3.05) is 0 Å². The van der Waals surface area contributed by atoms with E-state index < -0.39 is 13.1 Å². The van der Waals surface area contributed by atoms with Gasteiger partial charge in [-0.3, -0.25) is 0 Å². The predicted molar refractivity (Wildman–Crippen MR) is 55.9 cm³/mol. The molecule has 0 spiro atoms. The molecule has 0 unspecified atom stereocenters. The fourth-order valence-corrected chi connectivity index (χ4v) is 6.21. The summed E-state index contributed by atoms with van der Waals surface area (Å²) in [4.78, 5) is 28.9. The normalized spacial score (nSPS) is 52.4. The van der Waals surface area contributed by atoms with Crippen molar-refractivity contribution >= 4 is 7.94 Å². The van der Waals surface area contributed by atoms with Gasteiger partial charge < -0.3 is 0 Å². The van der Waals surface area contributed by atoms with Gasteiger partial charge in [-0.15, -0.1) is 0 Å². The topological polar surface area (TPSA) is 60.7 Å². The summed E-state index contributed by atoms with van der Waals surface area (Å²) in [6.07, 6.45) is 6.41. The van der Waals surface area contributed by atoms with Crippen molar-refractivity contribution in [3.63, 3.8) is 0 Å². The first-order valence-corrected chi connectivity index (χ1v) is 7.50. The van der Waals surface area contributed by atoms with Crippen molar-refractivity contribution < 1.29 is 14.7 Å². The first-order chi connectivity index (χ1) is 6.48. The quantitative estimate of drug-likeness (QED) is 0.583. The van der Waals surface area contributed by atoms with Crippen LogP contribution in [0.1, 0.15) is 38.5 Å². The molecule has 4 saturated carbocycles. The van der Waals surface area contributed by atoms with Crippen LogP contribution in [0.3, 0.4) is 0 Å². The van der Waals surface area contributed by atoms with Crippen LogP contribution in [0.5, 0.6) is 0 Å². The monoisotopic (exact) mass is 218 g/mol. The molecule has 4 heteroatoms. The van der Waals surface area contributed by atoms with E-state index in [-0.39, 0.29) is 0 Å². The van der Waals surface area contributed by atoms with Crippen LogP contribution < -0.4 is 0 Å². The molecule has 0 amide bonds. The first-order valence-electron chi connectivity index (χ1n) is 5.66. The standard InChI is InChI=1S/C10H19O3P/c11-14(12,13)10-4-7-1-8(5-10)3-9(2-7)6-10/h7-9,11-14H,1-6H2. The van der Waals surface area contributed by atoms with Crippen LogP contribution in [0.4, 0.5) is 0 Å². The van der Waals surface area contributed by atoms with Gasteiger partial charge in [-0.25, -0.2) is 0 Å². The second-order valence-corrected chi connectivity index (χ2v) is 8.16. The SMILES string of the molecule is O[PH](O)(O)C12CC3CC(CC(C3)C1)C2. The molecule has 4 fully saturated rings. The zero-order valence-electron chi connectivity index (χ0n) is 8.32. The Hall–Kier alpha value is 0.310. The van der Waals surface area contributed by atoms with E-state index in [9.17, 15) is 14.7 Å². The van der Waals surface area contributed by atoms with Gasteiger partial charge in [-0.05, 0) is 0 Å². The minimum atomic E-state index is -3.91. The van der Waals surface area contributed by atoms with Crippen LogP contribution in [-0.4, -0.2) is 19.8 Å². The summed E-state index contributed by atoms with van der Waals surface area (Å²) in [5.41, 5.74) is 0. The molecule has 82 valence electrons. The summed E-state index contributed by atoms with van der Waals surface area (Å²) in [5, 5.41) is -0.457. The van der Waals surface area contributed by atoms with Crippen LogP contribution in [0.25, 0.3) is 0 Å². The van der Waals surface area contributed by atoms with E-state index in [1.54, 1.807) is 0 Å². The molecule has 0 saturated heterocycles. The maximum absolute atomic E-state index is 9.63. The van der Waals surface area contributed by atoms with E-state index in [4.69, 9.17) is 0 Å². The van der Waals surface area contributed by atoms with Crippen molar-refractivity contribution in [2.24, 2.45) is 17.8 Å². The van der Waals surface area contributed by atoms with Gasteiger partial charge >= 0.3 is 84.1 Å². The fourth-order valence-electron chi connectivity index (χ4n) is 4.52. The Morgan fingerprint density at radius 1 is 0.786 bits per heavy atom. The van der Waals surface area contributed by atoms with Gasteiger partial charge in [-0.1, -0.05) is 0 Å². The van der Waals surface area contributed by atoms with Gasteiger partial charge in [0.15, 0.2) is 0 Å². The summed E-state index contributed by atoms with van der Waals surface area (Å²) < 4.78 is 0. The predicted octanol–water partition coefficient (Wildman–Crippen LogP) is 1.43. The molecule has 4 aliphatic rings. The van der Waals surface area contributed by atoms with E-state index in [1.807, 2.05) is 0 Å². The van der Waals surface area contributed by atoms with Crippen molar-refractivity contribution in [3.05, 3.63) is 0 Å². The van der Waals surface area contributed by atoms with Gasteiger partial charge in [0.2, 0.25) is 0 Å². The second-order valence-electron chi connectivity index (χ2n) is 5.83. The molecule has 0 radical (unpaired) electrons. The third-order valence-electron chi connectivity index (χ3n) is 4.75. The van der Waals surface area contributed by atoms with Gasteiger partial charge in [0.05, 0.1) is 0 Å². The van der Waals surface area contributed by atoms with E-state index >= 15 is 0 Å². The Balaban J connectivity index is 1.95. The average molecular weight is 218 g/mol. The zero-order valence-corrected chi connectivity index (χ0v) is 9.32. The Morgan fingerprint density at radius 2 is 1.14 bits per heavy atom. The molecule has 0 atom stereocenters. The van der Waals surface area contributed by atoms with Crippen molar-refractivity contribution in [3.8, 4) is 0 Å². The Bertz CT molecular complexity index is 223. The summed E-state index contributed by atoms with van der Waals surface area (Å²) in [6, 6.07) is 0. The zero-order chi connectivity index (χ0) is 9.97. The summed E-state index contributed by atoms with van der Waals surface area (Å²) in [6.45, 7) is 0. The molecule has 14 heavy (non-hydrogen) atoms. The first kappa shape index (κ1) is 9.53. The van der Waals surface area contributed by atoms with Crippen molar-refractivity contribution in [2.45, 2.75) is 43.7 Å². The molecule has 3 nitrogen and oxygen atoms in total. The Kier molecular flexibility index (Phi) is 1.84. The Labute approximate surface area is 84.7 Å². The molecule has 0 heterocycles. The van der Waals surface area contributed by atoms with Gasteiger partial charge in [-0.2, -0.15) is 0 Å². The average Bonchev–Trinajstić information content (AvgIpc) is 1.98. The molecule has 0 aliphatic heterocycles. The molecular formula is C10H19O3P. The van der Waals surface area contributed by atoms with Crippen LogP contribution in [0, 0.1) is 17.8 Å². The van der Waals surface area contributed by atoms with E-state index in [1.165, 1.54) is 19.3 Å². The summed E-state index contributed by atoms with van der Waals surface area (Å²) >= 11 is 0. The fraction of sp³-hybridized carbons (Fsp3) is 1.00. The summed E-state index contributed by atoms with van der Waals surface area (Å²) in [7, 11) is -3.91. The molecule has 4 rings (SSSR count). The second kappa shape index (κ2) is 2.70. The number of rotatable bonds is 1.